The first-order chi connectivity index (χ1) is 25.3. The van der Waals surface area contributed by atoms with E-state index in [1.807, 2.05) is 103 Å². The van der Waals surface area contributed by atoms with Gasteiger partial charge >= 0.3 is 6.03 Å². The highest BCUT2D eigenvalue weighted by molar-refractivity contribution is 6.30. The average Bonchev–Trinajstić information content (AvgIpc) is 3.17. The molecule has 10 heteroatoms. The fourth-order valence-electron chi connectivity index (χ4n) is 6.76. The van der Waals surface area contributed by atoms with Crippen LogP contribution in [0.2, 0.25) is 5.02 Å². The fraction of sp³-hybridized carbons (Fsp3) is 0.262. The van der Waals surface area contributed by atoms with Gasteiger partial charge in [-0.25, -0.2) is 4.79 Å². The molecule has 3 unspecified atom stereocenters. The number of rotatable bonds is 10. The number of hydrogen-bond donors (Lipinski definition) is 4. The quantitative estimate of drug-likeness (QED) is 0.114. The Morgan fingerprint density at radius 1 is 0.788 bits per heavy atom. The first kappa shape index (κ1) is 35.7. The number of aliphatic hydroxyl groups is 2. The molecule has 0 radical (unpaired) electrons. The van der Waals surface area contributed by atoms with Crippen LogP contribution in [-0.4, -0.2) is 46.9 Å². The lowest BCUT2D eigenvalue weighted by Gasteiger charge is -2.42. The largest absolute Gasteiger partial charge is 0.457 e. The van der Waals surface area contributed by atoms with Crippen molar-refractivity contribution >= 4 is 29.0 Å². The van der Waals surface area contributed by atoms with Gasteiger partial charge in [-0.15, -0.1) is 0 Å². The summed E-state index contributed by atoms with van der Waals surface area (Å²) >= 11 is 6.09. The SMILES string of the molecule is O=C(Nc1ccc(Oc2ccccc2)cc1)Nc1cccc(C2OC(CN3CCC(O)(c4ccc(Cl)cc4)CC3)CC(c3ccc(CO)cc3)O2)c1. The topological polar surface area (TPSA) is 113 Å². The monoisotopic (exact) mass is 719 g/mol. The molecule has 0 bridgehead atoms. The van der Waals surface area contributed by atoms with E-state index in [-0.39, 0.29) is 24.8 Å². The highest BCUT2D eigenvalue weighted by Crippen LogP contribution is 2.40. The van der Waals surface area contributed by atoms with Crippen LogP contribution in [0.25, 0.3) is 0 Å². The third-order valence-corrected chi connectivity index (χ3v) is 9.90. The Morgan fingerprint density at radius 3 is 2.19 bits per heavy atom. The number of likely N-dealkylation sites (tertiary alicyclic amines) is 1. The lowest BCUT2D eigenvalue weighted by Crippen LogP contribution is -2.46. The molecular formula is C42H42ClN3O6. The van der Waals surface area contributed by atoms with E-state index in [1.165, 1.54) is 0 Å². The summed E-state index contributed by atoms with van der Waals surface area (Å²) < 4.78 is 19.0. The molecule has 2 saturated heterocycles. The number of anilines is 2. The van der Waals surface area contributed by atoms with E-state index in [2.05, 4.69) is 15.5 Å². The van der Waals surface area contributed by atoms with Crippen LogP contribution in [-0.2, 0) is 21.7 Å². The van der Waals surface area contributed by atoms with Crippen LogP contribution in [0.4, 0.5) is 16.2 Å². The summed E-state index contributed by atoms with van der Waals surface area (Å²) in [7, 11) is 0. The van der Waals surface area contributed by atoms with Crippen LogP contribution in [0.5, 0.6) is 11.5 Å². The maximum absolute atomic E-state index is 13.0. The number of nitrogens with one attached hydrogen (secondary N) is 2. The minimum Gasteiger partial charge on any atom is -0.457 e. The lowest BCUT2D eigenvalue weighted by molar-refractivity contribution is -0.253. The molecule has 2 fully saturated rings. The normalized spacial score (nSPS) is 20.2. The van der Waals surface area contributed by atoms with E-state index in [9.17, 15) is 15.0 Å². The second-order valence-electron chi connectivity index (χ2n) is 13.3. The molecule has 7 rings (SSSR count). The molecule has 268 valence electrons. The highest BCUT2D eigenvalue weighted by Gasteiger charge is 2.37. The molecule has 0 spiro atoms. The van der Waals surface area contributed by atoms with Gasteiger partial charge in [0.15, 0.2) is 6.29 Å². The molecule has 5 aromatic carbocycles. The smallest absolute Gasteiger partial charge is 0.323 e. The van der Waals surface area contributed by atoms with E-state index in [0.29, 0.717) is 48.0 Å². The van der Waals surface area contributed by atoms with Crippen molar-refractivity contribution in [3.63, 3.8) is 0 Å². The van der Waals surface area contributed by atoms with Gasteiger partial charge in [0.05, 0.1) is 24.4 Å². The van der Waals surface area contributed by atoms with Crippen LogP contribution in [0.1, 0.15) is 53.9 Å². The minimum absolute atomic E-state index is 0.0289. The third kappa shape index (κ3) is 9.00. The minimum atomic E-state index is -0.892. The van der Waals surface area contributed by atoms with Crippen LogP contribution >= 0.6 is 11.6 Å². The molecule has 2 heterocycles. The Morgan fingerprint density at radius 2 is 1.48 bits per heavy atom. The van der Waals surface area contributed by atoms with Crippen LogP contribution in [0.3, 0.4) is 0 Å². The summed E-state index contributed by atoms with van der Waals surface area (Å²) in [4.78, 5) is 15.3. The Kier molecular flexibility index (Phi) is 11.2. The molecular weight excluding hydrogens is 678 g/mol. The van der Waals surface area contributed by atoms with Crippen molar-refractivity contribution in [1.29, 1.82) is 0 Å². The predicted molar refractivity (Wildman–Crippen MR) is 201 cm³/mol. The summed E-state index contributed by atoms with van der Waals surface area (Å²) in [5, 5.41) is 27.5. The standard InChI is InChI=1S/C42H42ClN3O6/c43-33-15-13-32(14-16-33)42(49)21-23-46(24-22-42)27-38-26-39(30-11-9-29(28-47)10-12-30)52-40(51-38)31-5-4-6-35(25-31)45-41(48)44-34-17-19-37(20-18-34)50-36-7-2-1-3-8-36/h1-20,25,38-40,47,49H,21-24,26-28H2,(H2,44,45,48). The molecule has 0 aliphatic carbocycles. The van der Waals surface area contributed by atoms with E-state index in [1.54, 1.807) is 24.3 Å². The molecule has 3 atom stereocenters. The van der Waals surface area contributed by atoms with Gasteiger partial charge in [-0.1, -0.05) is 78.3 Å². The zero-order valence-electron chi connectivity index (χ0n) is 28.7. The van der Waals surface area contributed by atoms with Gasteiger partial charge in [0.1, 0.15) is 11.5 Å². The van der Waals surface area contributed by atoms with Crippen LogP contribution < -0.4 is 15.4 Å². The van der Waals surface area contributed by atoms with E-state index in [0.717, 1.165) is 41.1 Å². The number of halogens is 1. The van der Waals surface area contributed by atoms with Crippen LogP contribution in [0, 0.1) is 0 Å². The predicted octanol–water partition coefficient (Wildman–Crippen LogP) is 8.80. The Labute approximate surface area is 308 Å². The van der Waals surface area contributed by atoms with Crippen LogP contribution in [0.15, 0.2) is 127 Å². The first-order valence-electron chi connectivity index (χ1n) is 17.5. The van der Waals surface area contributed by atoms with Gasteiger partial charge in [0.25, 0.3) is 0 Å². The maximum atomic E-state index is 13.0. The summed E-state index contributed by atoms with van der Waals surface area (Å²) in [6, 6.07) is 39.0. The van der Waals surface area contributed by atoms with Gasteiger partial charge in [0, 0.05) is 48.0 Å². The van der Waals surface area contributed by atoms with E-state index < -0.39 is 11.9 Å². The van der Waals surface area contributed by atoms with Gasteiger partial charge in [-0.3, -0.25) is 0 Å². The summed E-state index contributed by atoms with van der Waals surface area (Å²) in [5.41, 5.74) is 3.82. The third-order valence-electron chi connectivity index (χ3n) is 9.65. The van der Waals surface area contributed by atoms with Gasteiger partial charge in [0.2, 0.25) is 0 Å². The molecule has 0 saturated carbocycles. The number of ether oxygens (including phenoxy) is 3. The molecule has 2 amide bonds. The second-order valence-corrected chi connectivity index (χ2v) is 13.8. The van der Waals surface area contributed by atoms with E-state index in [4.69, 9.17) is 25.8 Å². The molecule has 9 nitrogen and oxygen atoms in total. The molecule has 52 heavy (non-hydrogen) atoms. The lowest BCUT2D eigenvalue weighted by atomic mass is 9.84. The number of carbonyl (C=O) groups excluding carboxylic acids is 1. The molecule has 2 aliphatic rings. The number of nitrogens with zero attached hydrogens (tertiary/aromatic N) is 1. The van der Waals surface area contributed by atoms with Crippen molar-refractivity contribution in [2.75, 3.05) is 30.3 Å². The molecule has 2 aliphatic heterocycles. The Bertz CT molecular complexity index is 1920. The Balaban J connectivity index is 1.01. The zero-order valence-corrected chi connectivity index (χ0v) is 29.4. The summed E-state index contributed by atoms with van der Waals surface area (Å²) in [6.45, 7) is 2.09. The van der Waals surface area contributed by atoms with Gasteiger partial charge in [-0.2, -0.15) is 0 Å². The van der Waals surface area contributed by atoms with Gasteiger partial charge in [-0.05, 0) is 90.2 Å². The number of aliphatic hydroxyl groups excluding tert-OH is 1. The number of benzene rings is 5. The fourth-order valence-corrected chi connectivity index (χ4v) is 6.89. The zero-order chi connectivity index (χ0) is 35.9. The number of piperidine rings is 1. The number of para-hydroxylation sites is 1. The second kappa shape index (κ2) is 16.3. The summed E-state index contributed by atoms with van der Waals surface area (Å²) in [5.74, 6) is 1.40. The Hall–Kier alpha value is -4.74. The van der Waals surface area contributed by atoms with Gasteiger partial charge < -0.3 is 40.0 Å². The van der Waals surface area contributed by atoms with Crippen molar-refractivity contribution in [1.82, 2.24) is 4.90 Å². The number of urea groups is 1. The number of carbonyl (C=O) groups is 1. The molecule has 0 aromatic heterocycles. The molecule has 5 aromatic rings. The number of hydrogen-bond acceptors (Lipinski definition) is 7. The first-order valence-corrected chi connectivity index (χ1v) is 17.9. The van der Waals surface area contributed by atoms with E-state index >= 15 is 0 Å². The van der Waals surface area contributed by atoms with Crippen molar-refractivity contribution in [2.45, 2.75) is 50.0 Å². The number of amides is 2. The maximum Gasteiger partial charge on any atom is 0.323 e. The van der Waals surface area contributed by atoms with Crippen molar-refractivity contribution in [3.05, 3.63) is 155 Å². The average molecular weight is 720 g/mol. The molecule has 4 N–H and O–H groups in total. The summed E-state index contributed by atoms with van der Waals surface area (Å²) in [6.07, 6.45) is 0.767. The van der Waals surface area contributed by atoms with Crippen molar-refractivity contribution < 1.29 is 29.2 Å². The van der Waals surface area contributed by atoms with Crippen molar-refractivity contribution in [3.8, 4) is 11.5 Å². The highest BCUT2D eigenvalue weighted by atomic mass is 35.5. The van der Waals surface area contributed by atoms with Crippen molar-refractivity contribution in [2.24, 2.45) is 0 Å².